The number of nitrogens with zero attached hydrogens (tertiary/aromatic N) is 2. The van der Waals surface area contributed by atoms with E-state index in [-0.39, 0.29) is 10.6 Å². The van der Waals surface area contributed by atoms with Gasteiger partial charge in [-0.25, -0.2) is 27.0 Å². The summed E-state index contributed by atoms with van der Waals surface area (Å²) in [5, 5.41) is 9.23. The van der Waals surface area contributed by atoms with Crippen LogP contribution in [0, 0.1) is 0 Å². The minimum atomic E-state index is -4.09. The van der Waals surface area contributed by atoms with Crippen molar-refractivity contribution >= 4 is 10.0 Å². The van der Waals surface area contributed by atoms with E-state index < -0.39 is 22.1 Å². The fourth-order valence-electron chi connectivity index (χ4n) is 3.04. The average Bonchev–Trinajstić information content (AvgIpc) is 3.12. The predicted octanol–water partition coefficient (Wildman–Crippen LogP) is 2.99. The van der Waals surface area contributed by atoms with Gasteiger partial charge in [-0.2, -0.15) is 9.99 Å². The summed E-state index contributed by atoms with van der Waals surface area (Å²) >= 11 is 0. The van der Waals surface area contributed by atoms with Gasteiger partial charge in [0.1, 0.15) is 10.6 Å². The lowest BCUT2D eigenvalue weighted by Gasteiger charge is -2.17. The molecule has 4 rings (SSSR count). The van der Waals surface area contributed by atoms with E-state index >= 15 is 0 Å². The number of hydrogen-bond donors (Lipinski definition) is 1. The molecular formula is C18H15F2N3O4S. The van der Waals surface area contributed by atoms with E-state index in [1.54, 1.807) is 24.3 Å². The van der Waals surface area contributed by atoms with Crippen LogP contribution < -0.4 is 10.0 Å². The molecule has 2 N–H and O–H groups in total. The highest BCUT2D eigenvalue weighted by molar-refractivity contribution is 7.89. The van der Waals surface area contributed by atoms with Crippen LogP contribution in [0.3, 0.4) is 0 Å². The highest BCUT2D eigenvalue weighted by atomic mass is 32.2. The summed E-state index contributed by atoms with van der Waals surface area (Å²) in [7, 11) is -4.09. The standard InChI is InChI=1S/C18H15F2N3O4S/c19-18(20)13-10-15(11-5-6-16-12(9-11)7-8-26-27-16)23(22-13)14-3-1-2-4-17(14)28(21,24)25/h1-6,9-10,18H,7-8H2,(H2,21,24,25). The zero-order valence-electron chi connectivity index (χ0n) is 14.4. The molecule has 0 saturated heterocycles. The third kappa shape index (κ3) is 3.37. The Labute approximate surface area is 159 Å². The van der Waals surface area contributed by atoms with Gasteiger partial charge in [-0.1, -0.05) is 12.1 Å². The van der Waals surface area contributed by atoms with Gasteiger partial charge in [-0.3, -0.25) is 0 Å². The Kier molecular flexibility index (Phi) is 4.61. The number of rotatable bonds is 4. The van der Waals surface area contributed by atoms with Crippen molar-refractivity contribution in [1.29, 1.82) is 0 Å². The maximum Gasteiger partial charge on any atom is 0.282 e. The van der Waals surface area contributed by atoms with Crippen molar-refractivity contribution in [3.8, 4) is 22.7 Å². The summed E-state index contributed by atoms with van der Waals surface area (Å²) in [6.45, 7) is 0.367. The van der Waals surface area contributed by atoms with E-state index in [2.05, 4.69) is 5.10 Å². The van der Waals surface area contributed by atoms with Crippen LogP contribution in [0.5, 0.6) is 5.75 Å². The number of alkyl halides is 2. The zero-order chi connectivity index (χ0) is 19.9. The molecule has 0 spiro atoms. The van der Waals surface area contributed by atoms with E-state index in [0.29, 0.717) is 30.0 Å². The second-order valence-electron chi connectivity index (χ2n) is 6.16. The quantitative estimate of drug-likeness (QED) is 0.671. The van der Waals surface area contributed by atoms with Gasteiger partial charge in [0.2, 0.25) is 10.0 Å². The lowest BCUT2D eigenvalue weighted by Crippen LogP contribution is -2.16. The molecular weight excluding hydrogens is 392 g/mol. The molecule has 1 aliphatic rings. The second kappa shape index (κ2) is 6.97. The van der Waals surface area contributed by atoms with Crippen LogP contribution in [0.25, 0.3) is 16.9 Å². The van der Waals surface area contributed by atoms with E-state index in [9.17, 15) is 17.2 Å². The van der Waals surface area contributed by atoms with Crippen LogP contribution in [0.2, 0.25) is 0 Å². The van der Waals surface area contributed by atoms with Gasteiger partial charge < -0.3 is 4.89 Å². The van der Waals surface area contributed by atoms with Crippen LogP contribution in [-0.2, 0) is 21.3 Å². The van der Waals surface area contributed by atoms with Gasteiger partial charge in [-0.15, -0.1) is 0 Å². The van der Waals surface area contributed by atoms with Crippen molar-refractivity contribution in [2.45, 2.75) is 17.7 Å². The number of sulfonamides is 1. The molecule has 28 heavy (non-hydrogen) atoms. The highest BCUT2D eigenvalue weighted by Crippen LogP contribution is 2.33. The van der Waals surface area contributed by atoms with Gasteiger partial charge in [-0.05, 0) is 36.4 Å². The number of benzene rings is 2. The number of hydrogen-bond acceptors (Lipinski definition) is 5. The second-order valence-corrected chi connectivity index (χ2v) is 7.69. The number of para-hydroxylation sites is 1. The largest absolute Gasteiger partial charge is 0.337 e. The monoisotopic (exact) mass is 407 g/mol. The van der Waals surface area contributed by atoms with Crippen LogP contribution in [0.1, 0.15) is 17.7 Å². The van der Waals surface area contributed by atoms with Crippen molar-refractivity contribution in [3.05, 3.63) is 59.8 Å². The predicted molar refractivity (Wildman–Crippen MR) is 95.6 cm³/mol. The van der Waals surface area contributed by atoms with Crippen LogP contribution >= 0.6 is 0 Å². The SMILES string of the molecule is NS(=O)(=O)c1ccccc1-n1nc(C(F)F)cc1-c1ccc2c(c1)CCOO2. The lowest BCUT2D eigenvalue weighted by atomic mass is 10.0. The first-order valence-electron chi connectivity index (χ1n) is 8.27. The maximum absolute atomic E-state index is 13.3. The highest BCUT2D eigenvalue weighted by Gasteiger charge is 2.23. The van der Waals surface area contributed by atoms with Gasteiger partial charge in [0, 0.05) is 17.5 Å². The minimum absolute atomic E-state index is 0.0872. The van der Waals surface area contributed by atoms with Gasteiger partial charge in [0.15, 0.2) is 5.75 Å². The Morgan fingerprint density at radius 3 is 2.68 bits per heavy atom. The summed E-state index contributed by atoms with van der Waals surface area (Å²) in [4.78, 5) is 9.81. The molecule has 0 unspecified atom stereocenters. The third-order valence-corrected chi connectivity index (χ3v) is 5.27. The average molecular weight is 407 g/mol. The molecule has 0 fully saturated rings. The van der Waals surface area contributed by atoms with Gasteiger partial charge >= 0.3 is 0 Å². The van der Waals surface area contributed by atoms with Crippen molar-refractivity contribution in [2.75, 3.05) is 6.61 Å². The number of nitrogens with two attached hydrogens (primary N) is 1. The zero-order valence-corrected chi connectivity index (χ0v) is 15.2. The van der Waals surface area contributed by atoms with Crippen LogP contribution in [0.15, 0.2) is 53.4 Å². The Bertz CT molecular complexity index is 1150. The maximum atomic E-state index is 13.3. The normalized spacial score (nSPS) is 14.0. The molecule has 2 aromatic carbocycles. The number of primary sulfonamides is 1. The number of fused-ring (bicyclic) bond motifs is 1. The Hall–Kier alpha value is -2.82. The Morgan fingerprint density at radius 1 is 1.14 bits per heavy atom. The van der Waals surface area contributed by atoms with Gasteiger partial charge in [0.05, 0.1) is 18.0 Å². The summed E-state index contributed by atoms with van der Waals surface area (Å²) in [5.74, 6) is 0.542. The van der Waals surface area contributed by atoms with Crippen molar-refractivity contribution in [1.82, 2.24) is 9.78 Å². The fraction of sp³-hybridized carbons (Fsp3) is 0.167. The molecule has 1 aromatic heterocycles. The Balaban J connectivity index is 1.93. The van der Waals surface area contributed by atoms with Crippen molar-refractivity contribution in [2.24, 2.45) is 5.14 Å². The lowest BCUT2D eigenvalue weighted by molar-refractivity contribution is -0.215. The first kappa shape index (κ1) is 18.5. The smallest absolute Gasteiger partial charge is 0.282 e. The topological polar surface area (TPSA) is 96.4 Å². The molecule has 0 aliphatic carbocycles. The molecule has 10 heteroatoms. The summed E-state index contributed by atoms with van der Waals surface area (Å²) in [5.41, 5.74) is 1.34. The summed E-state index contributed by atoms with van der Waals surface area (Å²) in [6, 6.07) is 12.2. The third-order valence-electron chi connectivity index (χ3n) is 4.31. The Morgan fingerprint density at radius 2 is 1.93 bits per heavy atom. The molecule has 0 bridgehead atoms. The fourth-order valence-corrected chi connectivity index (χ4v) is 3.75. The minimum Gasteiger partial charge on any atom is -0.337 e. The van der Waals surface area contributed by atoms with E-state index in [1.165, 1.54) is 28.9 Å². The molecule has 1 aliphatic heterocycles. The van der Waals surface area contributed by atoms with Crippen molar-refractivity contribution in [3.63, 3.8) is 0 Å². The molecule has 0 amide bonds. The molecule has 0 radical (unpaired) electrons. The van der Waals surface area contributed by atoms with Gasteiger partial charge in [0.25, 0.3) is 6.43 Å². The van der Waals surface area contributed by atoms with E-state index in [0.717, 1.165) is 5.56 Å². The first-order chi connectivity index (χ1) is 13.3. The van der Waals surface area contributed by atoms with Crippen LogP contribution in [-0.4, -0.2) is 24.8 Å². The molecule has 0 saturated carbocycles. The molecule has 0 atom stereocenters. The number of aromatic nitrogens is 2. The van der Waals surface area contributed by atoms with Crippen LogP contribution in [0.4, 0.5) is 8.78 Å². The summed E-state index contributed by atoms with van der Waals surface area (Å²) in [6.07, 6.45) is -2.23. The van der Waals surface area contributed by atoms with Crippen molar-refractivity contribution < 1.29 is 27.0 Å². The molecule has 3 aromatic rings. The number of halogens is 2. The molecule has 7 nitrogen and oxygen atoms in total. The first-order valence-corrected chi connectivity index (χ1v) is 9.82. The van der Waals surface area contributed by atoms with E-state index in [1.807, 2.05) is 0 Å². The van der Waals surface area contributed by atoms with E-state index in [4.69, 9.17) is 14.9 Å². The molecule has 146 valence electrons. The molecule has 2 heterocycles. The summed E-state index contributed by atoms with van der Waals surface area (Å²) < 4.78 is 51.8.